The molecule has 0 saturated heterocycles. The first kappa shape index (κ1) is 15.4. The predicted molar refractivity (Wildman–Crippen MR) is 69.3 cm³/mol. The van der Waals surface area contributed by atoms with Crippen molar-refractivity contribution >= 4 is 21.6 Å². The van der Waals surface area contributed by atoms with E-state index in [1.807, 2.05) is 13.8 Å². The Morgan fingerprint density at radius 2 is 2.06 bits per heavy atom. The number of hydrogen-bond acceptors (Lipinski definition) is 3. The summed E-state index contributed by atoms with van der Waals surface area (Å²) in [7, 11) is -3.91. The number of nitrogens with one attached hydrogen (secondary N) is 1. The third-order valence-electron chi connectivity index (χ3n) is 2.27. The molecule has 7 heteroatoms. The number of rotatable bonds is 5. The van der Waals surface area contributed by atoms with Gasteiger partial charge in [-0.25, -0.2) is 17.5 Å². The third-order valence-corrected chi connectivity index (χ3v) is 3.91. The molecule has 0 radical (unpaired) electrons. The van der Waals surface area contributed by atoms with Crippen molar-refractivity contribution in [2.45, 2.75) is 25.3 Å². The van der Waals surface area contributed by atoms with Gasteiger partial charge in [-0.15, -0.1) is 0 Å². The fourth-order valence-corrected chi connectivity index (χ4v) is 2.98. The number of halogens is 2. The summed E-state index contributed by atoms with van der Waals surface area (Å²) in [5.74, 6) is -0.728. The minimum Gasteiger partial charge on any atom is -0.326 e. The second-order valence-corrected chi connectivity index (χ2v) is 6.50. The van der Waals surface area contributed by atoms with E-state index in [-0.39, 0.29) is 29.6 Å². The molecule has 0 amide bonds. The second-order valence-electron chi connectivity index (χ2n) is 4.33. The lowest BCUT2D eigenvalue weighted by molar-refractivity contribution is 0.539. The van der Waals surface area contributed by atoms with Crippen LogP contribution >= 0.6 is 11.6 Å². The summed E-state index contributed by atoms with van der Waals surface area (Å²) < 4.78 is 40.1. The molecule has 0 saturated carbocycles. The van der Waals surface area contributed by atoms with Crippen LogP contribution < -0.4 is 10.5 Å². The standard InChI is InChI=1S/C11H16ClFN2O2S/c1-7(2)6-15-18(16,17)10-4-9(12)3-8(5-14)11(10)13/h3-4,7,15H,5-6,14H2,1-2H3. The van der Waals surface area contributed by atoms with Crippen LogP contribution in [-0.2, 0) is 16.6 Å². The van der Waals surface area contributed by atoms with Gasteiger partial charge in [0.1, 0.15) is 10.7 Å². The van der Waals surface area contributed by atoms with Crippen molar-refractivity contribution in [3.05, 3.63) is 28.5 Å². The van der Waals surface area contributed by atoms with Gasteiger partial charge in [-0.2, -0.15) is 0 Å². The molecule has 0 aliphatic heterocycles. The Bertz CT molecular complexity index is 532. The van der Waals surface area contributed by atoms with E-state index in [1.54, 1.807) is 0 Å². The molecule has 1 aromatic carbocycles. The van der Waals surface area contributed by atoms with Gasteiger partial charge in [0.2, 0.25) is 10.0 Å². The highest BCUT2D eigenvalue weighted by molar-refractivity contribution is 7.89. The average Bonchev–Trinajstić information content (AvgIpc) is 2.29. The molecule has 0 aliphatic rings. The molecular weight excluding hydrogens is 279 g/mol. The first-order valence-electron chi connectivity index (χ1n) is 5.45. The maximum absolute atomic E-state index is 13.9. The zero-order valence-corrected chi connectivity index (χ0v) is 11.8. The van der Waals surface area contributed by atoms with Crippen LogP contribution in [0, 0.1) is 11.7 Å². The van der Waals surface area contributed by atoms with Crippen molar-refractivity contribution in [3.8, 4) is 0 Å². The van der Waals surface area contributed by atoms with Crippen molar-refractivity contribution in [3.63, 3.8) is 0 Å². The van der Waals surface area contributed by atoms with Crippen molar-refractivity contribution in [2.75, 3.05) is 6.54 Å². The molecule has 0 aromatic heterocycles. The quantitative estimate of drug-likeness (QED) is 0.871. The molecule has 4 nitrogen and oxygen atoms in total. The summed E-state index contributed by atoms with van der Waals surface area (Å²) in [5.41, 5.74) is 5.42. The van der Waals surface area contributed by atoms with Crippen LogP contribution in [0.25, 0.3) is 0 Å². The van der Waals surface area contributed by atoms with E-state index in [0.717, 1.165) is 6.07 Å². The van der Waals surface area contributed by atoms with Gasteiger partial charge in [0, 0.05) is 23.7 Å². The highest BCUT2D eigenvalue weighted by Gasteiger charge is 2.22. The van der Waals surface area contributed by atoms with E-state index in [9.17, 15) is 12.8 Å². The summed E-state index contributed by atoms with van der Waals surface area (Å²) in [4.78, 5) is -0.462. The van der Waals surface area contributed by atoms with Crippen LogP contribution in [0.5, 0.6) is 0 Å². The van der Waals surface area contributed by atoms with Gasteiger partial charge >= 0.3 is 0 Å². The minimum absolute atomic E-state index is 0.0763. The van der Waals surface area contributed by atoms with Crippen LogP contribution in [0.4, 0.5) is 4.39 Å². The number of hydrogen-bond donors (Lipinski definition) is 2. The van der Waals surface area contributed by atoms with Crippen molar-refractivity contribution < 1.29 is 12.8 Å². The molecule has 0 unspecified atom stereocenters. The van der Waals surface area contributed by atoms with Gasteiger partial charge in [0.05, 0.1) is 0 Å². The fraction of sp³-hybridized carbons (Fsp3) is 0.455. The zero-order valence-electron chi connectivity index (χ0n) is 10.2. The largest absolute Gasteiger partial charge is 0.326 e. The lowest BCUT2D eigenvalue weighted by atomic mass is 10.2. The van der Waals surface area contributed by atoms with E-state index >= 15 is 0 Å². The summed E-state index contributed by atoms with van der Waals surface area (Å²) in [6, 6.07) is 2.40. The van der Waals surface area contributed by atoms with Crippen molar-refractivity contribution in [1.29, 1.82) is 0 Å². The lowest BCUT2D eigenvalue weighted by Crippen LogP contribution is -2.28. The Balaban J connectivity index is 3.20. The monoisotopic (exact) mass is 294 g/mol. The van der Waals surface area contributed by atoms with Crippen LogP contribution in [0.2, 0.25) is 5.02 Å². The summed E-state index contributed by atoms with van der Waals surface area (Å²) in [6.45, 7) is 3.82. The predicted octanol–water partition coefficient (Wildman–Crippen LogP) is 1.87. The Hall–Kier alpha value is -0.690. The summed E-state index contributed by atoms with van der Waals surface area (Å²) >= 11 is 5.76. The van der Waals surface area contributed by atoms with Gasteiger partial charge in [0.25, 0.3) is 0 Å². The highest BCUT2D eigenvalue weighted by Crippen LogP contribution is 2.23. The average molecular weight is 295 g/mol. The molecule has 1 aromatic rings. The second kappa shape index (κ2) is 5.97. The first-order chi connectivity index (χ1) is 8.27. The van der Waals surface area contributed by atoms with Crippen molar-refractivity contribution in [2.24, 2.45) is 11.7 Å². The zero-order chi connectivity index (χ0) is 13.9. The van der Waals surface area contributed by atoms with E-state index in [1.165, 1.54) is 6.07 Å². The van der Waals surface area contributed by atoms with Crippen LogP contribution in [0.15, 0.2) is 17.0 Å². The molecule has 0 bridgehead atoms. The number of benzene rings is 1. The normalized spacial score (nSPS) is 12.1. The molecule has 0 aliphatic carbocycles. The lowest BCUT2D eigenvalue weighted by Gasteiger charge is -2.11. The Labute approximate surface area is 111 Å². The topological polar surface area (TPSA) is 72.2 Å². The maximum Gasteiger partial charge on any atom is 0.243 e. The van der Waals surface area contributed by atoms with E-state index in [0.29, 0.717) is 0 Å². The number of sulfonamides is 1. The summed E-state index contributed by atoms with van der Waals surface area (Å²) in [5, 5.41) is 0.141. The van der Waals surface area contributed by atoms with Gasteiger partial charge in [-0.3, -0.25) is 0 Å². The summed E-state index contributed by atoms with van der Waals surface area (Å²) in [6.07, 6.45) is 0. The molecular formula is C11H16ClFN2O2S. The van der Waals surface area contributed by atoms with Gasteiger partial charge < -0.3 is 5.73 Å². The minimum atomic E-state index is -3.91. The van der Waals surface area contributed by atoms with Crippen LogP contribution in [-0.4, -0.2) is 15.0 Å². The Kier molecular flexibility index (Phi) is 5.10. The fourth-order valence-electron chi connectivity index (χ4n) is 1.32. The van der Waals surface area contributed by atoms with Gasteiger partial charge in [-0.05, 0) is 18.1 Å². The molecule has 3 N–H and O–H groups in total. The highest BCUT2D eigenvalue weighted by atomic mass is 35.5. The van der Waals surface area contributed by atoms with E-state index in [2.05, 4.69) is 4.72 Å². The molecule has 102 valence electrons. The SMILES string of the molecule is CC(C)CNS(=O)(=O)c1cc(Cl)cc(CN)c1F. The van der Waals surface area contributed by atoms with Gasteiger partial charge in [-0.1, -0.05) is 25.4 Å². The Morgan fingerprint density at radius 3 is 2.56 bits per heavy atom. The number of nitrogens with two attached hydrogens (primary N) is 1. The van der Waals surface area contributed by atoms with Crippen LogP contribution in [0.1, 0.15) is 19.4 Å². The Morgan fingerprint density at radius 1 is 1.44 bits per heavy atom. The molecule has 18 heavy (non-hydrogen) atoms. The third kappa shape index (κ3) is 3.65. The van der Waals surface area contributed by atoms with E-state index < -0.39 is 20.7 Å². The van der Waals surface area contributed by atoms with Gasteiger partial charge in [0.15, 0.2) is 0 Å². The maximum atomic E-state index is 13.9. The molecule has 1 rings (SSSR count). The van der Waals surface area contributed by atoms with E-state index in [4.69, 9.17) is 17.3 Å². The molecule has 0 atom stereocenters. The van der Waals surface area contributed by atoms with Crippen molar-refractivity contribution in [1.82, 2.24) is 4.72 Å². The molecule has 0 spiro atoms. The van der Waals surface area contributed by atoms with Crippen LogP contribution in [0.3, 0.4) is 0 Å². The molecule has 0 fully saturated rings. The molecule has 0 heterocycles. The smallest absolute Gasteiger partial charge is 0.243 e. The first-order valence-corrected chi connectivity index (χ1v) is 7.31.